The van der Waals surface area contributed by atoms with Gasteiger partial charge in [-0.15, -0.1) is 5.10 Å². The second-order valence-corrected chi connectivity index (χ2v) is 6.44. The molecule has 0 spiro atoms. The summed E-state index contributed by atoms with van der Waals surface area (Å²) in [5.74, 6) is -0.105. The summed E-state index contributed by atoms with van der Waals surface area (Å²) in [6, 6.07) is 8.34. The molecule has 126 valence electrons. The highest BCUT2D eigenvalue weighted by atomic mass is 79.9. The van der Waals surface area contributed by atoms with Crippen LogP contribution in [-0.2, 0) is 0 Å². The van der Waals surface area contributed by atoms with Gasteiger partial charge in [-0.2, -0.15) is 5.10 Å². The van der Waals surface area contributed by atoms with Crippen molar-refractivity contribution in [3.8, 4) is 5.69 Å². The van der Waals surface area contributed by atoms with Crippen molar-refractivity contribution < 1.29 is 4.39 Å². The quantitative estimate of drug-likeness (QED) is 0.570. The third kappa shape index (κ3) is 2.56. The van der Waals surface area contributed by atoms with Gasteiger partial charge < -0.3 is 5.73 Å². The predicted molar refractivity (Wildman–Crippen MR) is 93.9 cm³/mol. The molecule has 25 heavy (non-hydrogen) atoms. The summed E-state index contributed by atoms with van der Waals surface area (Å²) in [5, 5.41) is 12.5. The summed E-state index contributed by atoms with van der Waals surface area (Å²) in [6.45, 7) is 1.97. The van der Waals surface area contributed by atoms with Crippen molar-refractivity contribution in [2.75, 3.05) is 5.73 Å². The molecule has 1 atom stereocenters. The lowest BCUT2D eigenvalue weighted by atomic mass is 10.1. The van der Waals surface area contributed by atoms with Gasteiger partial charge in [0, 0.05) is 10.4 Å². The van der Waals surface area contributed by atoms with Crippen LogP contribution in [0.1, 0.15) is 24.2 Å². The molecule has 1 unspecified atom stereocenters. The summed E-state index contributed by atoms with van der Waals surface area (Å²) in [7, 11) is 0. The second-order valence-electron chi connectivity index (χ2n) is 5.58. The van der Waals surface area contributed by atoms with Gasteiger partial charge in [-0.3, -0.25) is 0 Å². The molecule has 1 aromatic carbocycles. The Hall–Kier alpha value is -2.81. The molecular formula is C16H13BrFN7. The fraction of sp³-hybridized carbons (Fsp3) is 0.125. The van der Waals surface area contributed by atoms with Crippen molar-refractivity contribution in [3.63, 3.8) is 0 Å². The monoisotopic (exact) mass is 401 g/mol. The third-order valence-corrected chi connectivity index (χ3v) is 4.67. The van der Waals surface area contributed by atoms with Crippen molar-refractivity contribution in [3.05, 3.63) is 64.5 Å². The van der Waals surface area contributed by atoms with Crippen LogP contribution in [0.5, 0.6) is 0 Å². The summed E-state index contributed by atoms with van der Waals surface area (Å²) in [6.07, 6.45) is 3.11. The third-order valence-electron chi connectivity index (χ3n) is 4.06. The molecule has 0 amide bonds. The smallest absolute Gasteiger partial charge is 0.152 e. The van der Waals surface area contributed by atoms with Gasteiger partial charge >= 0.3 is 0 Å². The standard InChI is InChI=1S/C16H13BrFN7/c1-9(14-6-10(17)15-16(19)20-8-21-25(14)15)12-7-24(23-22-12)13-5-3-2-4-11(13)18/h2-9H,1H3,(H2,19,20,21). The fourth-order valence-electron chi connectivity index (χ4n) is 2.74. The minimum absolute atomic E-state index is 0.131. The van der Waals surface area contributed by atoms with Crippen molar-refractivity contribution in [2.24, 2.45) is 0 Å². The Morgan fingerprint density at radius 2 is 2.08 bits per heavy atom. The van der Waals surface area contributed by atoms with Gasteiger partial charge in [-0.05, 0) is 34.1 Å². The van der Waals surface area contributed by atoms with E-state index in [1.807, 2.05) is 13.0 Å². The molecule has 4 aromatic rings. The molecule has 3 aromatic heterocycles. The van der Waals surface area contributed by atoms with Crippen LogP contribution in [0, 0.1) is 5.82 Å². The second kappa shape index (κ2) is 5.92. The van der Waals surface area contributed by atoms with E-state index in [4.69, 9.17) is 5.73 Å². The van der Waals surface area contributed by atoms with E-state index in [0.29, 0.717) is 22.7 Å². The lowest BCUT2D eigenvalue weighted by molar-refractivity contribution is 0.607. The maximum atomic E-state index is 13.9. The number of hydrogen-bond donors (Lipinski definition) is 1. The Balaban J connectivity index is 1.77. The van der Waals surface area contributed by atoms with E-state index in [1.165, 1.54) is 17.1 Å². The van der Waals surface area contributed by atoms with Gasteiger partial charge in [0.1, 0.15) is 23.3 Å². The highest BCUT2D eigenvalue weighted by molar-refractivity contribution is 9.10. The zero-order chi connectivity index (χ0) is 17.6. The number of para-hydroxylation sites is 1. The highest BCUT2D eigenvalue weighted by Gasteiger charge is 2.21. The number of nitrogens with zero attached hydrogens (tertiary/aromatic N) is 6. The van der Waals surface area contributed by atoms with Crippen molar-refractivity contribution in [1.29, 1.82) is 0 Å². The molecule has 0 saturated carbocycles. The maximum absolute atomic E-state index is 13.9. The van der Waals surface area contributed by atoms with Crippen LogP contribution < -0.4 is 5.73 Å². The van der Waals surface area contributed by atoms with Crippen LogP contribution in [0.15, 0.2) is 47.3 Å². The summed E-state index contributed by atoms with van der Waals surface area (Å²) in [5.41, 5.74) is 8.54. The molecule has 0 aliphatic carbocycles. The topological polar surface area (TPSA) is 86.9 Å². The average Bonchev–Trinajstić information content (AvgIpc) is 3.21. The minimum atomic E-state index is -0.358. The van der Waals surface area contributed by atoms with Gasteiger partial charge in [-0.25, -0.2) is 18.6 Å². The van der Waals surface area contributed by atoms with E-state index >= 15 is 0 Å². The first-order valence-electron chi connectivity index (χ1n) is 7.51. The van der Waals surface area contributed by atoms with Gasteiger partial charge in [0.15, 0.2) is 5.82 Å². The summed E-state index contributed by atoms with van der Waals surface area (Å²) < 4.78 is 17.9. The largest absolute Gasteiger partial charge is 0.382 e. The number of halogens is 2. The average molecular weight is 402 g/mol. The number of hydrogen-bond acceptors (Lipinski definition) is 5. The highest BCUT2D eigenvalue weighted by Crippen LogP contribution is 2.31. The first-order chi connectivity index (χ1) is 12.1. The van der Waals surface area contributed by atoms with E-state index in [9.17, 15) is 4.39 Å². The van der Waals surface area contributed by atoms with Gasteiger partial charge in [0.2, 0.25) is 0 Å². The normalized spacial score (nSPS) is 12.6. The van der Waals surface area contributed by atoms with E-state index in [1.54, 1.807) is 28.9 Å². The zero-order valence-electron chi connectivity index (χ0n) is 13.1. The van der Waals surface area contributed by atoms with Gasteiger partial charge in [0.25, 0.3) is 0 Å². The Morgan fingerprint density at radius 3 is 2.88 bits per heavy atom. The molecule has 0 bridgehead atoms. The minimum Gasteiger partial charge on any atom is -0.382 e. The summed E-state index contributed by atoms with van der Waals surface area (Å²) in [4.78, 5) is 4.01. The van der Waals surface area contributed by atoms with Crippen LogP contribution in [0.3, 0.4) is 0 Å². The van der Waals surface area contributed by atoms with E-state index in [0.717, 1.165) is 10.2 Å². The first-order valence-corrected chi connectivity index (χ1v) is 8.30. The van der Waals surface area contributed by atoms with Gasteiger partial charge in [0.05, 0.1) is 17.6 Å². The number of benzene rings is 1. The zero-order valence-corrected chi connectivity index (χ0v) is 14.7. The van der Waals surface area contributed by atoms with E-state index in [2.05, 4.69) is 36.3 Å². The number of nitrogens with two attached hydrogens (primary N) is 1. The molecule has 7 nitrogen and oxygen atoms in total. The van der Waals surface area contributed by atoms with Crippen molar-refractivity contribution >= 4 is 27.3 Å². The molecule has 0 radical (unpaired) electrons. The van der Waals surface area contributed by atoms with Crippen LogP contribution in [0.2, 0.25) is 0 Å². The number of aromatic nitrogens is 6. The SMILES string of the molecule is CC(c1cn(-c2ccccc2F)nn1)c1cc(Br)c2c(N)ncnn12. The van der Waals surface area contributed by atoms with Crippen molar-refractivity contribution in [2.45, 2.75) is 12.8 Å². The molecule has 0 fully saturated rings. The molecule has 3 heterocycles. The fourth-order valence-corrected chi connectivity index (χ4v) is 3.34. The lowest BCUT2D eigenvalue weighted by Gasteiger charge is -2.08. The molecule has 9 heteroatoms. The van der Waals surface area contributed by atoms with Crippen molar-refractivity contribution in [1.82, 2.24) is 29.6 Å². The van der Waals surface area contributed by atoms with E-state index in [-0.39, 0.29) is 11.7 Å². The molecule has 0 saturated heterocycles. The van der Waals surface area contributed by atoms with Crippen LogP contribution in [-0.4, -0.2) is 29.6 Å². The Labute approximate surface area is 150 Å². The van der Waals surface area contributed by atoms with Crippen LogP contribution >= 0.6 is 15.9 Å². The molecule has 0 aliphatic heterocycles. The first kappa shape index (κ1) is 15.7. The number of anilines is 1. The molecule has 4 rings (SSSR count). The summed E-state index contributed by atoms with van der Waals surface area (Å²) >= 11 is 3.49. The number of nitrogen functional groups attached to an aromatic ring is 1. The van der Waals surface area contributed by atoms with Crippen LogP contribution in [0.25, 0.3) is 11.2 Å². The van der Waals surface area contributed by atoms with E-state index < -0.39 is 0 Å². The number of rotatable bonds is 3. The molecule has 2 N–H and O–H groups in total. The Kier molecular flexibility index (Phi) is 3.72. The molecular weight excluding hydrogens is 389 g/mol. The maximum Gasteiger partial charge on any atom is 0.152 e. The Bertz CT molecular complexity index is 1070. The molecule has 0 aliphatic rings. The van der Waals surface area contributed by atoms with Crippen LogP contribution in [0.4, 0.5) is 10.2 Å². The lowest BCUT2D eigenvalue weighted by Crippen LogP contribution is -2.06. The Morgan fingerprint density at radius 1 is 1.28 bits per heavy atom. The van der Waals surface area contributed by atoms with Gasteiger partial charge in [-0.1, -0.05) is 24.3 Å². The predicted octanol–water partition coefficient (Wildman–Crippen LogP) is 2.95. The number of fused-ring (bicyclic) bond motifs is 1.